The van der Waals surface area contributed by atoms with Crippen LogP contribution in [0.15, 0.2) is 65.3 Å². The number of carbonyl (C=O) groups excluding carboxylic acids is 2. The highest BCUT2D eigenvalue weighted by Gasteiger charge is 2.27. The monoisotopic (exact) mass is 431 g/mol. The number of nitrogens with one attached hydrogen (secondary N) is 2. The molecule has 0 fully saturated rings. The number of fused-ring (bicyclic) bond motifs is 1. The third-order valence-corrected chi connectivity index (χ3v) is 5.78. The van der Waals surface area contributed by atoms with Crippen molar-refractivity contribution in [3.05, 3.63) is 83.3 Å². The molecule has 1 aliphatic rings. The third-order valence-electron chi connectivity index (χ3n) is 5.78. The fourth-order valence-electron chi connectivity index (χ4n) is 4.19. The summed E-state index contributed by atoms with van der Waals surface area (Å²) >= 11 is 0. The number of nitrogens with zero attached hydrogens (tertiary/aromatic N) is 1. The van der Waals surface area contributed by atoms with Gasteiger partial charge in [-0.2, -0.15) is 0 Å². The Morgan fingerprint density at radius 2 is 1.97 bits per heavy atom. The zero-order valence-corrected chi connectivity index (χ0v) is 18.6. The minimum absolute atomic E-state index is 0.00775. The molecule has 32 heavy (non-hydrogen) atoms. The minimum atomic E-state index is -0.245. The molecule has 1 aliphatic heterocycles. The zero-order chi connectivity index (χ0) is 22.5. The molecular formula is C26H29N3O3. The first kappa shape index (κ1) is 21.7. The highest BCUT2D eigenvalue weighted by atomic mass is 16.3. The van der Waals surface area contributed by atoms with E-state index in [1.54, 1.807) is 6.26 Å². The lowest BCUT2D eigenvalue weighted by Crippen LogP contribution is -2.30. The number of hydrogen-bond donors (Lipinski definition) is 2. The number of para-hydroxylation sites is 1. The molecule has 0 aliphatic carbocycles. The average Bonchev–Trinajstić information content (AvgIpc) is 3.37. The summed E-state index contributed by atoms with van der Waals surface area (Å²) in [4.78, 5) is 27.0. The van der Waals surface area contributed by atoms with Crippen molar-refractivity contribution < 1.29 is 14.0 Å². The van der Waals surface area contributed by atoms with Gasteiger partial charge in [-0.15, -0.1) is 0 Å². The van der Waals surface area contributed by atoms with Gasteiger partial charge in [0.05, 0.1) is 6.26 Å². The second-order valence-corrected chi connectivity index (χ2v) is 8.27. The Balaban J connectivity index is 1.40. The predicted molar refractivity (Wildman–Crippen MR) is 126 cm³/mol. The Morgan fingerprint density at radius 3 is 2.81 bits per heavy atom. The van der Waals surface area contributed by atoms with Crippen molar-refractivity contribution >= 4 is 23.2 Å². The summed E-state index contributed by atoms with van der Waals surface area (Å²) < 4.78 is 5.56. The molecule has 166 valence electrons. The van der Waals surface area contributed by atoms with Crippen LogP contribution in [0, 0.1) is 0 Å². The van der Waals surface area contributed by atoms with Crippen molar-refractivity contribution in [3.8, 4) is 0 Å². The molecule has 1 atom stereocenters. The summed E-state index contributed by atoms with van der Waals surface area (Å²) in [7, 11) is 0. The Morgan fingerprint density at radius 1 is 1.12 bits per heavy atom. The summed E-state index contributed by atoms with van der Waals surface area (Å²) in [6.07, 6.45) is 3.86. The molecule has 6 heteroatoms. The van der Waals surface area contributed by atoms with Gasteiger partial charge in [-0.05, 0) is 55.2 Å². The molecule has 1 aromatic heterocycles. The minimum Gasteiger partial charge on any atom is -0.459 e. The molecule has 0 spiro atoms. The lowest BCUT2D eigenvalue weighted by atomic mass is 10.1. The van der Waals surface area contributed by atoms with Crippen LogP contribution in [0.25, 0.3) is 0 Å². The van der Waals surface area contributed by atoms with E-state index in [0.717, 1.165) is 29.7 Å². The molecule has 2 N–H and O–H groups in total. The summed E-state index contributed by atoms with van der Waals surface area (Å²) in [5.41, 5.74) is 5.06. The summed E-state index contributed by atoms with van der Waals surface area (Å²) in [5, 5.41) is 5.82. The van der Waals surface area contributed by atoms with E-state index >= 15 is 0 Å². The van der Waals surface area contributed by atoms with Gasteiger partial charge in [0.15, 0.2) is 5.76 Å². The van der Waals surface area contributed by atoms with E-state index in [1.165, 1.54) is 11.3 Å². The van der Waals surface area contributed by atoms with Crippen molar-refractivity contribution in [1.29, 1.82) is 0 Å². The Hall–Kier alpha value is -3.54. The average molecular weight is 432 g/mol. The normalized spacial score (nSPS) is 14.8. The molecule has 3 aromatic rings. The highest BCUT2D eigenvalue weighted by molar-refractivity contribution is 5.93. The van der Waals surface area contributed by atoms with Gasteiger partial charge in [0.25, 0.3) is 5.91 Å². The van der Waals surface area contributed by atoms with Crippen LogP contribution in [-0.4, -0.2) is 17.9 Å². The van der Waals surface area contributed by atoms with Crippen LogP contribution >= 0.6 is 0 Å². The van der Waals surface area contributed by atoms with Crippen molar-refractivity contribution in [2.45, 2.75) is 52.2 Å². The van der Waals surface area contributed by atoms with Gasteiger partial charge in [0.2, 0.25) is 5.91 Å². The molecule has 4 rings (SSSR count). The molecule has 0 saturated heterocycles. The lowest BCUT2D eigenvalue weighted by Gasteiger charge is -2.24. The number of anilines is 2. The first-order valence-corrected chi connectivity index (χ1v) is 11.1. The number of benzene rings is 2. The maximum Gasteiger partial charge on any atom is 0.287 e. The van der Waals surface area contributed by atoms with Crippen molar-refractivity contribution in [2.75, 3.05) is 10.2 Å². The van der Waals surface area contributed by atoms with Gasteiger partial charge in [-0.1, -0.05) is 37.3 Å². The number of amides is 2. The smallest absolute Gasteiger partial charge is 0.287 e. The topological polar surface area (TPSA) is 74.6 Å². The van der Waals surface area contributed by atoms with Crippen LogP contribution in [0.2, 0.25) is 0 Å². The van der Waals surface area contributed by atoms with Gasteiger partial charge in [-0.3, -0.25) is 9.59 Å². The van der Waals surface area contributed by atoms with E-state index in [4.69, 9.17) is 4.42 Å². The number of carbonyl (C=O) groups is 2. The summed E-state index contributed by atoms with van der Waals surface area (Å²) in [5.74, 6) is 0.0890. The standard InChI is InChI=1S/C26H29N3O3/c1-3-7-24(30)28-22-10-6-8-19(15-22)16-27-26(31)25-21(12-13-32-25)17-29-18(2)14-20-9-4-5-11-23(20)29/h4-6,8-13,15,18H,3,7,14,16-17H2,1-2H3,(H,27,31)(H,28,30). The molecule has 2 amide bonds. The largest absolute Gasteiger partial charge is 0.459 e. The van der Waals surface area contributed by atoms with Gasteiger partial charge in [0.1, 0.15) is 0 Å². The van der Waals surface area contributed by atoms with E-state index in [-0.39, 0.29) is 11.8 Å². The number of rotatable bonds is 8. The van der Waals surface area contributed by atoms with Gasteiger partial charge in [0, 0.05) is 42.5 Å². The van der Waals surface area contributed by atoms with Crippen LogP contribution in [0.4, 0.5) is 11.4 Å². The fourth-order valence-corrected chi connectivity index (χ4v) is 4.19. The van der Waals surface area contributed by atoms with Gasteiger partial charge >= 0.3 is 0 Å². The highest BCUT2D eigenvalue weighted by Crippen LogP contribution is 2.33. The molecule has 6 nitrogen and oxygen atoms in total. The van der Waals surface area contributed by atoms with E-state index in [1.807, 2.05) is 43.3 Å². The Labute approximate surface area is 188 Å². The maximum atomic E-state index is 12.9. The Kier molecular flexibility index (Phi) is 6.59. The first-order chi connectivity index (χ1) is 15.5. The van der Waals surface area contributed by atoms with Crippen LogP contribution in [0.1, 0.15) is 53.9 Å². The van der Waals surface area contributed by atoms with Crippen LogP contribution in [-0.2, 0) is 24.3 Å². The van der Waals surface area contributed by atoms with Crippen LogP contribution in [0.3, 0.4) is 0 Å². The maximum absolute atomic E-state index is 12.9. The fraction of sp³-hybridized carbons (Fsp3) is 0.308. The second kappa shape index (κ2) is 9.73. The third kappa shape index (κ3) is 4.85. The summed E-state index contributed by atoms with van der Waals surface area (Å²) in [6.45, 7) is 5.14. The molecule has 2 heterocycles. The molecular weight excluding hydrogens is 402 g/mol. The van der Waals surface area contributed by atoms with Crippen molar-refractivity contribution in [3.63, 3.8) is 0 Å². The quantitative estimate of drug-likeness (QED) is 0.532. The number of hydrogen-bond acceptors (Lipinski definition) is 4. The number of furan rings is 1. The van der Waals surface area contributed by atoms with Crippen molar-refractivity contribution in [1.82, 2.24) is 5.32 Å². The van der Waals surface area contributed by atoms with Crippen molar-refractivity contribution in [2.24, 2.45) is 0 Å². The molecule has 0 bridgehead atoms. The van der Waals surface area contributed by atoms with E-state index in [0.29, 0.717) is 31.3 Å². The summed E-state index contributed by atoms with van der Waals surface area (Å²) in [6, 6.07) is 18.1. The van der Waals surface area contributed by atoms with E-state index in [9.17, 15) is 9.59 Å². The second-order valence-electron chi connectivity index (χ2n) is 8.27. The SMILES string of the molecule is CCCC(=O)Nc1cccc(CNC(=O)c2occc2CN2c3ccccc3CC2C)c1. The molecule has 1 unspecified atom stereocenters. The lowest BCUT2D eigenvalue weighted by molar-refractivity contribution is -0.116. The van der Waals surface area contributed by atoms with Crippen LogP contribution < -0.4 is 15.5 Å². The van der Waals surface area contributed by atoms with Crippen LogP contribution in [0.5, 0.6) is 0 Å². The Bertz CT molecular complexity index is 1100. The first-order valence-electron chi connectivity index (χ1n) is 11.1. The van der Waals surface area contributed by atoms with E-state index < -0.39 is 0 Å². The van der Waals surface area contributed by atoms with Gasteiger partial charge < -0.3 is 20.0 Å². The molecule has 2 aromatic carbocycles. The van der Waals surface area contributed by atoms with Gasteiger partial charge in [-0.25, -0.2) is 0 Å². The molecule has 0 saturated carbocycles. The molecule has 0 radical (unpaired) electrons. The van der Waals surface area contributed by atoms with E-state index in [2.05, 4.69) is 40.7 Å². The predicted octanol–water partition coefficient (Wildman–Crippen LogP) is 4.90. The zero-order valence-electron chi connectivity index (χ0n) is 18.6.